The molecule has 0 fully saturated rings. The predicted octanol–water partition coefficient (Wildman–Crippen LogP) is 14.2. The molecule has 3 heterocycles. The first-order valence-corrected chi connectivity index (χ1v) is 20.7. The Kier molecular flexibility index (Phi) is 6.97. The molecule has 0 saturated heterocycles. The summed E-state index contributed by atoms with van der Waals surface area (Å²) >= 11 is 0. The van der Waals surface area contributed by atoms with Gasteiger partial charge in [-0.25, -0.2) is 4.98 Å². The summed E-state index contributed by atoms with van der Waals surface area (Å²) in [6, 6.07) is 73.7. The molecule has 0 radical (unpaired) electrons. The molecule has 0 amide bonds. The molecule has 11 aromatic rings. The maximum absolute atomic E-state index is 9.66. The van der Waals surface area contributed by atoms with Crippen LogP contribution < -0.4 is 4.74 Å². The Labute approximate surface area is 351 Å². The fourth-order valence-electron chi connectivity index (χ4n) is 10.5. The highest BCUT2D eigenvalue weighted by Crippen LogP contribution is 2.62. The largest absolute Gasteiger partial charge is 0.457 e. The van der Waals surface area contributed by atoms with Crippen molar-refractivity contribution in [2.24, 2.45) is 0 Å². The van der Waals surface area contributed by atoms with Gasteiger partial charge < -0.3 is 9.30 Å². The number of hydrogen-bond donors (Lipinski definition) is 0. The van der Waals surface area contributed by atoms with Crippen LogP contribution in [0.2, 0.25) is 0 Å². The maximum atomic E-state index is 9.66. The van der Waals surface area contributed by atoms with Crippen LogP contribution in [0.1, 0.15) is 27.8 Å². The van der Waals surface area contributed by atoms with E-state index in [-0.39, 0.29) is 0 Å². The third-order valence-corrected chi connectivity index (χ3v) is 13.1. The lowest BCUT2D eigenvalue weighted by atomic mass is 9.66. The fourth-order valence-corrected chi connectivity index (χ4v) is 10.5. The molecule has 1 aliphatic carbocycles. The number of benzene rings is 9. The molecular formula is C57H33N3O. The minimum atomic E-state index is -0.579. The van der Waals surface area contributed by atoms with Crippen molar-refractivity contribution in [1.82, 2.24) is 9.55 Å². The number of fused-ring (bicyclic) bond motifs is 15. The van der Waals surface area contributed by atoms with Gasteiger partial charge in [-0.3, -0.25) is 0 Å². The third kappa shape index (κ3) is 4.66. The highest BCUT2D eigenvalue weighted by atomic mass is 16.5. The molecule has 2 aromatic heterocycles. The van der Waals surface area contributed by atoms with Crippen molar-refractivity contribution >= 4 is 43.5 Å². The second-order valence-corrected chi connectivity index (χ2v) is 16.1. The molecule has 0 saturated carbocycles. The van der Waals surface area contributed by atoms with Crippen molar-refractivity contribution in [1.29, 1.82) is 5.26 Å². The first-order chi connectivity index (χ1) is 30.2. The van der Waals surface area contributed by atoms with E-state index in [0.29, 0.717) is 5.56 Å². The van der Waals surface area contributed by atoms with E-state index >= 15 is 0 Å². The van der Waals surface area contributed by atoms with Gasteiger partial charge in [0.25, 0.3) is 0 Å². The van der Waals surface area contributed by atoms with Crippen LogP contribution in [-0.4, -0.2) is 9.55 Å². The minimum absolute atomic E-state index is 0.579. The summed E-state index contributed by atoms with van der Waals surface area (Å²) < 4.78 is 8.95. The summed E-state index contributed by atoms with van der Waals surface area (Å²) in [7, 11) is 0. The van der Waals surface area contributed by atoms with Crippen molar-refractivity contribution < 1.29 is 4.74 Å². The number of aromatic nitrogens is 2. The Morgan fingerprint density at radius 3 is 1.90 bits per heavy atom. The van der Waals surface area contributed by atoms with E-state index in [1.54, 1.807) is 0 Å². The Bertz CT molecular complexity index is 3640. The van der Waals surface area contributed by atoms with Crippen molar-refractivity contribution in [2.45, 2.75) is 5.41 Å². The number of rotatable bonds is 3. The average Bonchev–Trinajstić information content (AvgIpc) is 3.81. The maximum Gasteiger partial charge on any atom is 0.132 e. The summed E-state index contributed by atoms with van der Waals surface area (Å²) in [6.45, 7) is 0. The molecule has 0 N–H and O–H groups in total. The van der Waals surface area contributed by atoms with Crippen molar-refractivity contribution in [3.63, 3.8) is 0 Å². The normalized spacial score (nSPS) is 13.2. The predicted molar refractivity (Wildman–Crippen MR) is 247 cm³/mol. The van der Waals surface area contributed by atoms with E-state index < -0.39 is 5.41 Å². The number of nitrogens with zero attached hydrogens (tertiary/aromatic N) is 3. The van der Waals surface area contributed by atoms with Crippen LogP contribution in [0.5, 0.6) is 11.5 Å². The van der Waals surface area contributed by atoms with Crippen molar-refractivity contribution in [3.05, 3.63) is 228 Å². The van der Waals surface area contributed by atoms with Gasteiger partial charge in [0.15, 0.2) is 0 Å². The summed E-state index contributed by atoms with van der Waals surface area (Å²) in [5.74, 6) is 1.76. The highest BCUT2D eigenvalue weighted by Gasteiger charge is 2.51. The van der Waals surface area contributed by atoms with E-state index in [0.717, 1.165) is 94.2 Å². The lowest BCUT2D eigenvalue weighted by Gasteiger charge is -2.39. The molecule has 61 heavy (non-hydrogen) atoms. The second-order valence-electron chi connectivity index (χ2n) is 16.1. The van der Waals surface area contributed by atoms with Crippen LogP contribution in [-0.2, 0) is 5.41 Å². The Morgan fingerprint density at radius 1 is 0.443 bits per heavy atom. The van der Waals surface area contributed by atoms with Crippen LogP contribution >= 0.6 is 0 Å². The summed E-state index contributed by atoms with van der Waals surface area (Å²) in [5.41, 5.74) is 15.8. The van der Waals surface area contributed by atoms with Gasteiger partial charge in [0.05, 0.1) is 39.3 Å². The van der Waals surface area contributed by atoms with Crippen LogP contribution in [0.25, 0.3) is 82.7 Å². The molecule has 9 aromatic carbocycles. The van der Waals surface area contributed by atoms with Gasteiger partial charge >= 0.3 is 0 Å². The zero-order valence-corrected chi connectivity index (χ0v) is 32.8. The Hall–Kier alpha value is -8.26. The molecule has 1 aliphatic heterocycles. The minimum Gasteiger partial charge on any atom is -0.457 e. The molecule has 0 atom stereocenters. The molecule has 4 heteroatoms. The molecular weight excluding hydrogens is 743 g/mol. The summed E-state index contributed by atoms with van der Waals surface area (Å²) in [6.07, 6.45) is 0. The van der Waals surface area contributed by atoms with Crippen molar-refractivity contribution in [3.8, 4) is 56.8 Å². The summed E-state index contributed by atoms with van der Waals surface area (Å²) in [5, 5.41) is 15.3. The van der Waals surface area contributed by atoms with Crippen LogP contribution in [0.3, 0.4) is 0 Å². The lowest BCUT2D eigenvalue weighted by Crippen LogP contribution is -2.32. The average molecular weight is 776 g/mol. The number of pyridine rings is 1. The van der Waals surface area contributed by atoms with Crippen LogP contribution in [0.15, 0.2) is 200 Å². The van der Waals surface area contributed by atoms with E-state index in [4.69, 9.17) is 9.72 Å². The highest BCUT2D eigenvalue weighted by molar-refractivity contribution is 6.14. The number of ether oxygens (including phenoxy) is 1. The van der Waals surface area contributed by atoms with Gasteiger partial charge in [0, 0.05) is 43.9 Å². The standard InChI is InChI=1S/C57H33N3O/c58-34-35-22-29-53-45(30-35)41-15-5-9-19-52(41)60(53)39-26-23-36(24-27-39)38-25-28-51-44(31-38)42-33-50-43(32-46(42)56(59-51)37-12-2-1-3-13-37)40-14-4-6-16-47(40)57(50)48-17-7-10-20-54(48)61-55-21-11-8-18-49(55)57/h1-33H. The number of hydrogen-bond acceptors (Lipinski definition) is 3. The van der Waals surface area contributed by atoms with E-state index in [2.05, 4.69) is 199 Å². The van der Waals surface area contributed by atoms with Crippen molar-refractivity contribution in [2.75, 3.05) is 0 Å². The number of nitriles is 1. The fraction of sp³-hybridized carbons (Fsp3) is 0.0175. The molecule has 0 unspecified atom stereocenters. The molecule has 282 valence electrons. The smallest absolute Gasteiger partial charge is 0.132 e. The first-order valence-electron chi connectivity index (χ1n) is 20.7. The van der Waals surface area contributed by atoms with Crippen LogP contribution in [0, 0.1) is 11.3 Å². The number of para-hydroxylation sites is 3. The van der Waals surface area contributed by atoms with Crippen LogP contribution in [0.4, 0.5) is 0 Å². The Balaban J connectivity index is 1.05. The Morgan fingerprint density at radius 2 is 1.11 bits per heavy atom. The van der Waals surface area contributed by atoms with Gasteiger partial charge in [-0.1, -0.05) is 127 Å². The monoisotopic (exact) mass is 775 g/mol. The molecule has 2 aliphatic rings. The van der Waals surface area contributed by atoms with Gasteiger partial charge in [-0.15, -0.1) is 0 Å². The van der Waals surface area contributed by atoms with Gasteiger partial charge in [0.2, 0.25) is 0 Å². The molecule has 0 bridgehead atoms. The third-order valence-electron chi connectivity index (χ3n) is 13.1. The zero-order valence-electron chi connectivity index (χ0n) is 32.8. The quantitative estimate of drug-likeness (QED) is 0.168. The lowest BCUT2D eigenvalue weighted by molar-refractivity contribution is 0.436. The summed E-state index contributed by atoms with van der Waals surface area (Å²) in [4.78, 5) is 5.44. The second kappa shape index (κ2) is 12.6. The van der Waals surface area contributed by atoms with Gasteiger partial charge in [0.1, 0.15) is 11.5 Å². The van der Waals surface area contributed by atoms with Gasteiger partial charge in [-0.2, -0.15) is 5.26 Å². The molecule has 1 spiro atoms. The zero-order chi connectivity index (χ0) is 40.2. The van der Waals surface area contributed by atoms with E-state index in [1.165, 1.54) is 22.3 Å². The van der Waals surface area contributed by atoms with Gasteiger partial charge in [-0.05, 0) is 112 Å². The first kappa shape index (κ1) is 33.7. The molecule has 4 nitrogen and oxygen atoms in total. The SMILES string of the molecule is N#Cc1ccc2c(c1)c1ccccc1n2-c1ccc(-c2ccc3nc(-c4ccccc4)c4cc5c(cc4c3c2)C2(c3ccccc3Oc3ccccc32)c2ccccc2-5)cc1. The van der Waals surface area contributed by atoms with E-state index in [9.17, 15) is 5.26 Å². The topological polar surface area (TPSA) is 50.8 Å². The van der Waals surface area contributed by atoms with E-state index in [1.807, 2.05) is 12.1 Å². The molecule has 13 rings (SSSR count).